The highest BCUT2D eigenvalue weighted by atomic mass is 35.7. The van der Waals surface area contributed by atoms with E-state index >= 15 is 0 Å². The third kappa shape index (κ3) is 2.24. The van der Waals surface area contributed by atoms with Crippen LogP contribution in [-0.4, -0.2) is 24.1 Å². The highest BCUT2D eigenvalue weighted by Crippen LogP contribution is 2.21. The summed E-state index contributed by atoms with van der Waals surface area (Å²) in [4.78, 5) is 21.7. The molecule has 96 valence electrons. The molecule has 7 nitrogen and oxygen atoms in total. The number of carbonyl (C=O) groups is 1. The van der Waals surface area contributed by atoms with Crippen molar-refractivity contribution in [3.8, 4) is 0 Å². The Labute approximate surface area is 105 Å². The maximum atomic E-state index is 11.4. The number of hydrogen-bond donors (Lipinski definition) is 1. The smallest absolute Gasteiger partial charge is 0.420 e. The van der Waals surface area contributed by atoms with Crippen LogP contribution in [0.25, 0.3) is 11.1 Å². The highest BCUT2D eigenvalue weighted by molar-refractivity contribution is 8.13. The lowest BCUT2D eigenvalue weighted by Gasteiger charge is -1.98. The molecule has 0 spiro atoms. The number of aromatic nitrogens is 1. The minimum atomic E-state index is -3.94. The van der Waals surface area contributed by atoms with Crippen LogP contribution in [0.5, 0.6) is 0 Å². The molecule has 1 aromatic heterocycles. The quantitative estimate of drug-likeness (QED) is 0.830. The molecule has 0 saturated heterocycles. The van der Waals surface area contributed by atoms with E-state index in [0.29, 0.717) is 0 Å². The van der Waals surface area contributed by atoms with Gasteiger partial charge in [-0.3, -0.25) is 9.36 Å². The number of carboxylic acid groups (broad SMARTS) is 1. The van der Waals surface area contributed by atoms with Gasteiger partial charge in [0.05, 0.1) is 10.4 Å². The lowest BCUT2D eigenvalue weighted by atomic mass is 10.3. The molecule has 0 aliphatic heterocycles. The average Bonchev–Trinajstić information content (AvgIpc) is 2.53. The van der Waals surface area contributed by atoms with Crippen LogP contribution in [0.4, 0.5) is 0 Å². The minimum Gasteiger partial charge on any atom is -0.480 e. The number of benzene rings is 1. The van der Waals surface area contributed by atoms with Crippen LogP contribution in [0.1, 0.15) is 0 Å². The van der Waals surface area contributed by atoms with E-state index in [0.717, 1.165) is 16.7 Å². The second kappa shape index (κ2) is 4.14. The number of nitrogens with zero attached hydrogens (tertiary/aromatic N) is 1. The fourth-order valence-corrected chi connectivity index (χ4v) is 2.25. The zero-order valence-corrected chi connectivity index (χ0v) is 10.2. The first-order valence-electron chi connectivity index (χ1n) is 4.59. The Morgan fingerprint density at radius 3 is 2.67 bits per heavy atom. The van der Waals surface area contributed by atoms with E-state index in [9.17, 15) is 18.0 Å². The van der Waals surface area contributed by atoms with E-state index in [1.54, 1.807) is 0 Å². The van der Waals surface area contributed by atoms with Gasteiger partial charge >= 0.3 is 11.7 Å². The molecule has 2 aromatic rings. The van der Waals surface area contributed by atoms with Crippen molar-refractivity contribution < 1.29 is 22.7 Å². The van der Waals surface area contributed by atoms with Crippen LogP contribution in [0, 0.1) is 0 Å². The number of oxazole rings is 1. The van der Waals surface area contributed by atoms with Crippen molar-refractivity contribution in [1.29, 1.82) is 0 Å². The Hall–Kier alpha value is -1.80. The summed E-state index contributed by atoms with van der Waals surface area (Å²) in [6.45, 7) is -0.571. The number of hydrogen-bond acceptors (Lipinski definition) is 5. The van der Waals surface area contributed by atoms with Gasteiger partial charge in [0.15, 0.2) is 5.58 Å². The lowest BCUT2D eigenvalue weighted by molar-refractivity contribution is -0.137. The molecule has 0 saturated carbocycles. The summed E-state index contributed by atoms with van der Waals surface area (Å²) in [5.74, 6) is -2.09. The molecule has 0 radical (unpaired) electrons. The Bertz CT molecular complexity index is 787. The first-order chi connectivity index (χ1) is 8.29. The van der Waals surface area contributed by atoms with Crippen LogP contribution in [0.3, 0.4) is 0 Å². The predicted molar refractivity (Wildman–Crippen MR) is 61.1 cm³/mol. The second-order valence-corrected chi connectivity index (χ2v) is 5.98. The Balaban J connectivity index is 2.69. The number of aliphatic carboxylic acids is 1. The Kier molecular flexibility index (Phi) is 2.91. The van der Waals surface area contributed by atoms with Crippen LogP contribution in [-0.2, 0) is 20.4 Å². The number of rotatable bonds is 3. The zero-order valence-electron chi connectivity index (χ0n) is 8.66. The summed E-state index contributed by atoms with van der Waals surface area (Å²) in [5, 5.41) is 8.63. The molecule has 0 amide bonds. The van der Waals surface area contributed by atoms with Gasteiger partial charge in [0, 0.05) is 16.7 Å². The van der Waals surface area contributed by atoms with E-state index < -0.39 is 27.3 Å². The molecule has 0 aliphatic carbocycles. The maximum Gasteiger partial charge on any atom is 0.420 e. The highest BCUT2D eigenvalue weighted by Gasteiger charge is 2.16. The fourth-order valence-electron chi connectivity index (χ4n) is 1.48. The van der Waals surface area contributed by atoms with E-state index in [-0.39, 0.29) is 16.0 Å². The van der Waals surface area contributed by atoms with Crippen LogP contribution < -0.4 is 5.76 Å². The van der Waals surface area contributed by atoms with Crippen molar-refractivity contribution in [3.63, 3.8) is 0 Å². The molecule has 9 heteroatoms. The van der Waals surface area contributed by atoms with Crippen LogP contribution >= 0.6 is 10.7 Å². The first kappa shape index (κ1) is 12.7. The van der Waals surface area contributed by atoms with Gasteiger partial charge in [-0.2, -0.15) is 0 Å². The summed E-state index contributed by atoms with van der Waals surface area (Å²) in [6.07, 6.45) is 0. The molecule has 0 unspecified atom stereocenters. The number of fused-ring (bicyclic) bond motifs is 1. The standard InChI is InChI=1S/C9H6ClNO6S/c10-18(15,16)5-1-2-6-7(3-5)17-9(14)11(6)4-8(12)13/h1-3H,4H2,(H,12,13). The number of halogens is 1. The average molecular weight is 292 g/mol. The normalized spacial score (nSPS) is 11.8. The van der Waals surface area contributed by atoms with Gasteiger partial charge in [0.25, 0.3) is 9.05 Å². The topological polar surface area (TPSA) is 107 Å². The van der Waals surface area contributed by atoms with E-state index in [1.807, 2.05) is 0 Å². The summed E-state index contributed by atoms with van der Waals surface area (Å²) in [5.41, 5.74) is 0.148. The monoisotopic (exact) mass is 291 g/mol. The van der Waals surface area contributed by atoms with Crippen molar-refractivity contribution in [2.45, 2.75) is 11.4 Å². The Morgan fingerprint density at radius 1 is 1.44 bits per heavy atom. The molecule has 18 heavy (non-hydrogen) atoms. The fraction of sp³-hybridized carbons (Fsp3) is 0.111. The molecular weight excluding hydrogens is 286 g/mol. The molecule has 1 aromatic carbocycles. The molecular formula is C9H6ClNO6S. The summed E-state index contributed by atoms with van der Waals surface area (Å²) < 4.78 is 27.8. The molecule has 0 fully saturated rings. The summed E-state index contributed by atoms with van der Waals surface area (Å²) in [6, 6.07) is 3.49. The summed E-state index contributed by atoms with van der Waals surface area (Å²) in [7, 11) is 1.21. The molecule has 0 aliphatic rings. The largest absolute Gasteiger partial charge is 0.480 e. The van der Waals surface area contributed by atoms with E-state index in [2.05, 4.69) is 0 Å². The van der Waals surface area contributed by atoms with E-state index in [4.69, 9.17) is 20.2 Å². The number of carboxylic acids is 1. The first-order valence-corrected chi connectivity index (χ1v) is 6.90. The third-order valence-electron chi connectivity index (χ3n) is 2.21. The molecule has 0 atom stereocenters. The molecule has 1 heterocycles. The van der Waals surface area contributed by atoms with Crippen molar-refractivity contribution in [2.75, 3.05) is 0 Å². The summed E-state index contributed by atoms with van der Waals surface area (Å²) >= 11 is 0. The van der Waals surface area contributed by atoms with Crippen LogP contribution in [0.15, 0.2) is 32.3 Å². The van der Waals surface area contributed by atoms with Gasteiger partial charge in [0.1, 0.15) is 6.54 Å². The van der Waals surface area contributed by atoms with Crippen LogP contribution in [0.2, 0.25) is 0 Å². The van der Waals surface area contributed by atoms with Gasteiger partial charge < -0.3 is 9.52 Å². The molecule has 2 rings (SSSR count). The van der Waals surface area contributed by atoms with Gasteiger partial charge in [0.2, 0.25) is 0 Å². The van der Waals surface area contributed by atoms with Crippen molar-refractivity contribution >= 4 is 36.8 Å². The van der Waals surface area contributed by atoms with Gasteiger partial charge in [-0.15, -0.1) is 0 Å². The predicted octanol–water partition coefficient (Wildman–Crippen LogP) is 0.607. The van der Waals surface area contributed by atoms with Crippen molar-refractivity contribution in [1.82, 2.24) is 4.57 Å². The maximum absolute atomic E-state index is 11.4. The van der Waals surface area contributed by atoms with Gasteiger partial charge in [-0.1, -0.05) is 0 Å². The third-order valence-corrected chi connectivity index (χ3v) is 3.57. The lowest BCUT2D eigenvalue weighted by Crippen LogP contribution is -2.19. The van der Waals surface area contributed by atoms with E-state index in [1.165, 1.54) is 6.07 Å². The Morgan fingerprint density at radius 2 is 2.11 bits per heavy atom. The molecule has 1 N–H and O–H groups in total. The zero-order chi connectivity index (χ0) is 13.5. The minimum absolute atomic E-state index is 0.0389. The van der Waals surface area contributed by atoms with Gasteiger partial charge in [-0.25, -0.2) is 13.2 Å². The molecule has 0 bridgehead atoms. The van der Waals surface area contributed by atoms with Crippen molar-refractivity contribution in [2.24, 2.45) is 0 Å². The SMILES string of the molecule is O=C(O)Cn1c(=O)oc2cc(S(=O)(=O)Cl)ccc21. The van der Waals surface area contributed by atoms with Gasteiger partial charge in [-0.05, 0) is 12.1 Å². The second-order valence-electron chi connectivity index (χ2n) is 3.42. The van der Waals surface area contributed by atoms with Crippen molar-refractivity contribution in [3.05, 3.63) is 28.7 Å².